The Morgan fingerprint density at radius 1 is 1.04 bits per heavy atom. The van der Waals surface area contributed by atoms with Crippen LogP contribution in [-0.2, 0) is 11.2 Å². The highest BCUT2D eigenvalue weighted by Gasteiger charge is 2.43. The minimum Gasteiger partial charge on any atom is -0.299 e. The fourth-order valence-electron chi connectivity index (χ4n) is 3.99. The second-order valence-corrected chi connectivity index (χ2v) is 8.05. The van der Waals surface area contributed by atoms with Gasteiger partial charge in [-0.25, -0.2) is 0 Å². The lowest BCUT2D eigenvalue weighted by Gasteiger charge is -2.08. The Balaban J connectivity index is 1.48. The summed E-state index contributed by atoms with van der Waals surface area (Å²) in [4.78, 5) is 12.8. The van der Waals surface area contributed by atoms with E-state index in [1.807, 2.05) is 0 Å². The fourth-order valence-corrected chi connectivity index (χ4v) is 3.99. The summed E-state index contributed by atoms with van der Waals surface area (Å²) in [5.41, 5.74) is 5.11. The average Bonchev–Trinajstić information content (AvgIpc) is 3.43. The lowest BCUT2D eigenvalue weighted by atomic mass is 9.96. The number of carbonyl (C=O) groups excluding carboxylic acids is 1. The highest BCUT2D eigenvalue weighted by molar-refractivity contribution is 5.90. The first-order valence-corrected chi connectivity index (χ1v) is 9.64. The summed E-state index contributed by atoms with van der Waals surface area (Å²) in [5, 5.41) is 2.51. The third-order valence-corrected chi connectivity index (χ3v) is 5.75. The second kappa shape index (κ2) is 6.72. The Bertz CT molecular complexity index is 967. The molecule has 0 aromatic heterocycles. The van der Waals surface area contributed by atoms with E-state index in [2.05, 4.69) is 81.4 Å². The largest absolute Gasteiger partial charge is 0.299 e. The highest BCUT2D eigenvalue weighted by Crippen LogP contribution is 2.48. The minimum absolute atomic E-state index is 0.199. The van der Waals surface area contributed by atoms with Gasteiger partial charge in [0.25, 0.3) is 0 Å². The molecule has 132 valence electrons. The third kappa shape index (κ3) is 3.31. The molecule has 26 heavy (non-hydrogen) atoms. The molecule has 0 spiro atoms. The van der Waals surface area contributed by atoms with E-state index >= 15 is 0 Å². The van der Waals surface area contributed by atoms with Gasteiger partial charge in [0.1, 0.15) is 5.78 Å². The summed E-state index contributed by atoms with van der Waals surface area (Å²) < 4.78 is 0. The number of aryl methyl sites for hydroxylation is 1. The number of hydrogen-bond donors (Lipinski definition) is 0. The van der Waals surface area contributed by atoms with Crippen molar-refractivity contribution >= 4 is 16.6 Å². The molecule has 0 N–H and O–H groups in total. The van der Waals surface area contributed by atoms with Crippen LogP contribution in [-0.4, -0.2) is 5.78 Å². The van der Waals surface area contributed by atoms with E-state index in [1.54, 1.807) is 0 Å². The molecule has 0 heterocycles. The van der Waals surface area contributed by atoms with Crippen molar-refractivity contribution < 1.29 is 4.79 Å². The maximum Gasteiger partial charge on any atom is 0.140 e. The number of hydrogen-bond acceptors (Lipinski definition) is 1. The van der Waals surface area contributed by atoms with Gasteiger partial charge >= 0.3 is 0 Å². The zero-order chi connectivity index (χ0) is 18.3. The van der Waals surface area contributed by atoms with Crippen LogP contribution in [0.15, 0.2) is 60.7 Å². The van der Waals surface area contributed by atoms with Gasteiger partial charge in [-0.2, -0.15) is 0 Å². The molecule has 1 nitrogen and oxygen atoms in total. The Labute approximate surface area is 156 Å². The molecule has 3 aromatic rings. The number of fused-ring (bicyclic) bond motifs is 1. The van der Waals surface area contributed by atoms with Crippen molar-refractivity contribution in [3.8, 4) is 0 Å². The van der Waals surface area contributed by atoms with E-state index in [0.29, 0.717) is 24.0 Å². The first-order chi connectivity index (χ1) is 12.5. The van der Waals surface area contributed by atoms with Crippen LogP contribution >= 0.6 is 0 Å². The van der Waals surface area contributed by atoms with Gasteiger partial charge in [-0.15, -0.1) is 0 Å². The monoisotopic (exact) mass is 342 g/mol. The van der Waals surface area contributed by atoms with Gasteiger partial charge in [0.05, 0.1) is 0 Å². The first kappa shape index (κ1) is 17.0. The molecule has 1 fully saturated rings. The van der Waals surface area contributed by atoms with Crippen molar-refractivity contribution in [2.24, 2.45) is 5.92 Å². The van der Waals surface area contributed by atoms with Gasteiger partial charge in [0.2, 0.25) is 0 Å². The Hall–Kier alpha value is -2.41. The molecule has 2 atom stereocenters. The van der Waals surface area contributed by atoms with E-state index in [0.717, 1.165) is 12.0 Å². The van der Waals surface area contributed by atoms with Gasteiger partial charge in [-0.05, 0) is 58.2 Å². The normalized spacial score (nSPS) is 19.1. The lowest BCUT2D eigenvalue weighted by molar-refractivity contribution is -0.119. The van der Waals surface area contributed by atoms with E-state index in [1.165, 1.54) is 27.5 Å². The van der Waals surface area contributed by atoms with Crippen LogP contribution in [0, 0.1) is 12.8 Å². The predicted molar refractivity (Wildman–Crippen MR) is 109 cm³/mol. The van der Waals surface area contributed by atoms with E-state index in [9.17, 15) is 4.79 Å². The number of Topliss-reactive ketones (excluding diaryl/α,β-unsaturated/α-hetero) is 1. The Morgan fingerprint density at radius 3 is 2.65 bits per heavy atom. The molecule has 0 bridgehead atoms. The maximum absolute atomic E-state index is 12.8. The topological polar surface area (TPSA) is 17.1 Å². The van der Waals surface area contributed by atoms with Gasteiger partial charge in [0, 0.05) is 12.3 Å². The van der Waals surface area contributed by atoms with Crippen molar-refractivity contribution in [3.63, 3.8) is 0 Å². The number of rotatable bonds is 5. The Kier molecular flexibility index (Phi) is 4.40. The second-order valence-electron chi connectivity index (χ2n) is 8.05. The summed E-state index contributed by atoms with van der Waals surface area (Å²) in [5.74, 6) is 1.54. The summed E-state index contributed by atoms with van der Waals surface area (Å²) in [6, 6.07) is 21.6. The van der Waals surface area contributed by atoms with Crippen molar-refractivity contribution in [2.45, 2.75) is 45.4 Å². The fraction of sp³-hybridized carbons (Fsp3) is 0.320. The van der Waals surface area contributed by atoms with Crippen LogP contribution < -0.4 is 0 Å². The first-order valence-electron chi connectivity index (χ1n) is 9.64. The van der Waals surface area contributed by atoms with Crippen molar-refractivity contribution in [1.82, 2.24) is 0 Å². The van der Waals surface area contributed by atoms with Crippen LogP contribution in [0.5, 0.6) is 0 Å². The third-order valence-electron chi connectivity index (χ3n) is 5.75. The molecule has 2 unspecified atom stereocenters. The van der Waals surface area contributed by atoms with E-state index < -0.39 is 0 Å². The van der Waals surface area contributed by atoms with Crippen molar-refractivity contribution in [2.75, 3.05) is 0 Å². The van der Waals surface area contributed by atoms with Crippen LogP contribution in [0.4, 0.5) is 0 Å². The predicted octanol–water partition coefficient (Wildman–Crippen LogP) is 6.19. The zero-order valence-electron chi connectivity index (χ0n) is 15.8. The summed E-state index contributed by atoms with van der Waals surface area (Å²) in [6.07, 6.45) is 1.56. The molecule has 1 aliphatic rings. The SMILES string of the molecule is Cc1cccc2ccc(CC(=O)C3CC3c3cccc(C(C)C)c3)cc12. The number of ketones is 1. The summed E-state index contributed by atoms with van der Waals surface area (Å²) in [7, 11) is 0. The molecule has 0 radical (unpaired) electrons. The van der Waals surface area contributed by atoms with Crippen LogP contribution in [0.2, 0.25) is 0 Å². The van der Waals surface area contributed by atoms with Gasteiger partial charge in [0.15, 0.2) is 0 Å². The molecule has 1 aliphatic carbocycles. The molecular weight excluding hydrogens is 316 g/mol. The summed E-state index contributed by atoms with van der Waals surface area (Å²) in [6.45, 7) is 6.57. The number of carbonyl (C=O) groups is 1. The molecular formula is C25H26O. The van der Waals surface area contributed by atoms with Gasteiger partial charge in [-0.1, -0.05) is 74.5 Å². The van der Waals surface area contributed by atoms with Gasteiger partial charge < -0.3 is 0 Å². The smallest absolute Gasteiger partial charge is 0.140 e. The van der Waals surface area contributed by atoms with Crippen LogP contribution in [0.25, 0.3) is 10.8 Å². The lowest BCUT2D eigenvalue weighted by Crippen LogP contribution is -2.06. The number of benzene rings is 3. The molecule has 4 rings (SSSR count). The molecule has 1 saturated carbocycles. The van der Waals surface area contributed by atoms with E-state index in [4.69, 9.17) is 0 Å². The standard InChI is InChI=1S/C25H26O/c1-16(2)20-8-5-9-21(14-20)23-15-24(23)25(26)13-18-10-11-19-7-4-6-17(3)22(19)12-18/h4-12,14,16,23-24H,13,15H2,1-3H3. The van der Waals surface area contributed by atoms with Crippen molar-refractivity contribution in [1.29, 1.82) is 0 Å². The Morgan fingerprint density at radius 2 is 1.85 bits per heavy atom. The molecule has 0 amide bonds. The molecule has 1 heteroatoms. The van der Waals surface area contributed by atoms with Crippen LogP contribution in [0.1, 0.15) is 54.4 Å². The average molecular weight is 342 g/mol. The highest BCUT2D eigenvalue weighted by atomic mass is 16.1. The zero-order valence-corrected chi connectivity index (χ0v) is 15.8. The molecule has 0 aliphatic heterocycles. The van der Waals surface area contributed by atoms with Crippen molar-refractivity contribution in [3.05, 3.63) is 82.9 Å². The summed E-state index contributed by atoms with van der Waals surface area (Å²) >= 11 is 0. The molecule has 3 aromatic carbocycles. The van der Waals surface area contributed by atoms with E-state index in [-0.39, 0.29) is 5.92 Å². The quantitative estimate of drug-likeness (QED) is 0.540. The maximum atomic E-state index is 12.8. The van der Waals surface area contributed by atoms with Gasteiger partial charge in [-0.3, -0.25) is 4.79 Å². The molecule has 0 saturated heterocycles. The minimum atomic E-state index is 0.199. The van der Waals surface area contributed by atoms with Crippen LogP contribution in [0.3, 0.4) is 0 Å².